The van der Waals surface area contributed by atoms with E-state index in [0.29, 0.717) is 19.0 Å². The Morgan fingerprint density at radius 2 is 1.93 bits per heavy atom. The molecule has 1 N–H and O–H groups in total. The average Bonchev–Trinajstić information content (AvgIpc) is 3.17. The van der Waals surface area contributed by atoms with E-state index < -0.39 is 0 Å². The van der Waals surface area contributed by atoms with Crippen LogP contribution >= 0.6 is 0 Å². The summed E-state index contributed by atoms with van der Waals surface area (Å²) < 4.78 is 10.9. The van der Waals surface area contributed by atoms with Crippen LogP contribution in [0.2, 0.25) is 0 Å². The van der Waals surface area contributed by atoms with Crippen LogP contribution in [0.4, 0.5) is 5.69 Å². The van der Waals surface area contributed by atoms with Crippen molar-refractivity contribution >= 4 is 16.7 Å². The van der Waals surface area contributed by atoms with Crippen LogP contribution in [0.3, 0.4) is 0 Å². The smallest absolute Gasteiger partial charge is 0.143 e. The molecule has 0 amide bonds. The molecule has 3 aromatic rings. The minimum atomic E-state index is 0.239. The van der Waals surface area contributed by atoms with Crippen LogP contribution in [0.15, 0.2) is 47.1 Å². The van der Waals surface area contributed by atoms with Gasteiger partial charge < -0.3 is 24.1 Å². The van der Waals surface area contributed by atoms with E-state index in [1.54, 1.807) is 6.26 Å². The Bertz CT molecular complexity index is 975. The molecule has 2 aromatic carbocycles. The Labute approximate surface area is 158 Å². The summed E-state index contributed by atoms with van der Waals surface area (Å²) in [5.74, 6) is 0.665. The van der Waals surface area contributed by atoms with Gasteiger partial charge in [0, 0.05) is 43.0 Å². The molecule has 5 nitrogen and oxygen atoms in total. The lowest BCUT2D eigenvalue weighted by atomic mass is 9.83. The molecule has 5 heteroatoms. The van der Waals surface area contributed by atoms with Crippen LogP contribution in [-0.4, -0.2) is 49.9 Å². The number of fused-ring (bicyclic) bond motifs is 2. The summed E-state index contributed by atoms with van der Waals surface area (Å²) in [6.07, 6.45) is 1.73. The third-order valence-corrected chi connectivity index (χ3v) is 5.83. The highest BCUT2D eigenvalue weighted by Crippen LogP contribution is 2.42. The van der Waals surface area contributed by atoms with Gasteiger partial charge in [-0.15, -0.1) is 0 Å². The van der Waals surface area contributed by atoms with E-state index in [1.165, 1.54) is 11.1 Å². The van der Waals surface area contributed by atoms with Crippen molar-refractivity contribution in [3.8, 4) is 5.75 Å². The second kappa shape index (κ2) is 6.59. The topological polar surface area (TPSA) is 49.1 Å². The van der Waals surface area contributed by atoms with Gasteiger partial charge in [-0.3, -0.25) is 0 Å². The molecule has 0 saturated carbocycles. The molecule has 5 rings (SSSR count). The first-order valence-corrected chi connectivity index (χ1v) is 9.54. The normalized spacial score (nSPS) is 20.8. The molecule has 0 spiro atoms. The molecule has 3 heterocycles. The summed E-state index contributed by atoms with van der Waals surface area (Å²) in [6, 6.07) is 12.7. The van der Waals surface area contributed by atoms with Gasteiger partial charge >= 0.3 is 0 Å². The van der Waals surface area contributed by atoms with Gasteiger partial charge in [0.2, 0.25) is 0 Å². The van der Waals surface area contributed by atoms with Gasteiger partial charge in [-0.25, -0.2) is 0 Å². The molecule has 0 aliphatic carbocycles. The summed E-state index contributed by atoms with van der Waals surface area (Å²) in [7, 11) is 2.12. The molecule has 1 fully saturated rings. The number of morpholine rings is 1. The van der Waals surface area contributed by atoms with Gasteiger partial charge in [-0.1, -0.05) is 12.1 Å². The number of phenols is 1. The highest BCUT2D eigenvalue weighted by atomic mass is 16.5. The summed E-state index contributed by atoms with van der Waals surface area (Å²) in [4.78, 5) is 4.51. The number of aromatic hydroxyl groups is 1. The second-order valence-corrected chi connectivity index (χ2v) is 7.57. The summed E-state index contributed by atoms with van der Waals surface area (Å²) in [6.45, 7) is 4.77. The zero-order valence-electron chi connectivity index (χ0n) is 15.5. The van der Waals surface area contributed by atoms with Crippen molar-refractivity contribution in [3.05, 3.63) is 59.4 Å². The van der Waals surface area contributed by atoms with Crippen molar-refractivity contribution in [1.29, 1.82) is 0 Å². The number of phenolic OH excluding ortho intramolecular Hbond substituents is 1. The Balaban J connectivity index is 1.57. The van der Waals surface area contributed by atoms with Gasteiger partial charge in [0.25, 0.3) is 0 Å². The zero-order valence-corrected chi connectivity index (χ0v) is 15.5. The summed E-state index contributed by atoms with van der Waals surface area (Å²) in [5.41, 5.74) is 5.37. The lowest BCUT2D eigenvalue weighted by molar-refractivity contribution is 0.122. The lowest BCUT2D eigenvalue weighted by Gasteiger charge is -2.36. The maximum absolute atomic E-state index is 11.1. The maximum atomic E-state index is 11.1. The molecule has 1 saturated heterocycles. The van der Waals surface area contributed by atoms with Crippen LogP contribution in [0.1, 0.15) is 22.6 Å². The van der Waals surface area contributed by atoms with Crippen molar-refractivity contribution in [3.63, 3.8) is 0 Å². The van der Waals surface area contributed by atoms with E-state index in [0.717, 1.165) is 48.4 Å². The van der Waals surface area contributed by atoms with Crippen molar-refractivity contribution < 1.29 is 14.3 Å². The molecule has 1 atom stereocenters. The van der Waals surface area contributed by atoms with Crippen LogP contribution in [-0.2, 0) is 11.3 Å². The standard InChI is InChI=1S/C22H24N2O3/c1-23-13-18(15-2-5-21-16(12-15)6-9-27-21)17-3-4-20(22(25)19(17)14-23)24-7-10-26-11-8-24/h2-6,9,12,18,25H,7-8,10-11,13-14H2,1H3. The molecule has 1 unspecified atom stereocenters. The number of nitrogens with zero attached hydrogens (tertiary/aromatic N) is 2. The first kappa shape index (κ1) is 16.7. The first-order valence-electron chi connectivity index (χ1n) is 9.54. The highest BCUT2D eigenvalue weighted by Gasteiger charge is 2.29. The number of hydrogen-bond donors (Lipinski definition) is 1. The van der Waals surface area contributed by atoms with E-state index in [2.05, 4.69) is 41.1 Å². The first-order chi connectivity index (χ1) is 13.2. The Morgan fingerprint density at radius 1 is 1.07 bits per heavy atom. The third kappa shape index (κ3) is 2.87. The van der Waals surface area contributed by atoms with E-state index in [4.69, 9.17) is 9.15 Å². The molecule has 1 aromatic heterocycles. The van der Waals surface area contributed by atoms with Gasteiger partial charge in [0.05, 0.1) is 25.2 Å². The van der Waals surface area contributed by atoms with Gasteiger partial charge in [-0.05, 0) is 42.4 Å². The second-order valence-electron chi connectivity index (χ2n) is 7.57. The minimum Gasteiger partial charge on any atom is -0.505 e. The SMILES string of the molecule is CN1Cc2c(ccc(N3CCOCC3)c2O)C(c2ccc3occc3c2)C1. The van der Waals surface area contributed by atoms with Crippen molar-refractivity contribution in [2.45, 2.75) is 12.5 Å². The van der Waals surface area contributed by atoms with Crippen molar-refractivity contribution in [1.82, 2.24) is 4.90 Å². The minimum absolute atomic E-state index is 0.239. The fraction of sp³-hybridized carbons (Fsp3) is 0.364. The quantitative estimate of drug-likeness (QED) is 0.754. The van der Waals surface area contributed by atoms with E-state index in [1.807, 2.05) is 12.1 Å². The molecule has 0 bridgehead atoms. The fourth-order valence-corrected chi connectivity index (χ4v) is 4.42. The van der Waals surface area contributed by atoms with Crippen LogP contribution < -0.4 is 4.90 Å². The summed E-state index contributed by atoms with van der Waals surface area (Å²) in [5, 5.41) is 12.2. The highest BCUT2D eigenvalue weighted by molar-refractivity contribution is 5.78. The van der Waals surface area contributed by atoms with Gasteiger partial charge in [-0.2, -0.15) is 0 Å². The van der Waals surface area contributed by atoms with Crippen LogP contribution in [0.25, 0.3) is 11.0 Å². The van der Waals surface area contributed by atoms with Crippen LogP contribution in [0.5, 0.6) is 5.75 Å². The number of furan rings is 1. The third-order valence-electron chi connectivity index (χ3n) is 5.83. The largest absolute Gasteiger partial charge is 0.505 e. The Hall–Kier alpha value is -2.50. The lowest BCUT2D eigenvalue weighted by Crippen LogP contribution is -2.37. The molecular formula is C22H24N2O3. The number of benzene rings is 2. The maximum Gasteiger partial charge on any atom is 0.143 e. The molecule has 2 aliphatic heterocycles. The predicted molar refractivity (Wildman–Crippen MR) is 106 cm³/mol. The average molecular weight is 364 g/mol. The monoisotopic (exact) mass is 364 g/mol. The molecule has 140 valence electrons. The number of anilines is 1. The molecule has 0 radical (unpaired) electrons. The Kier molecular flexibility index (Phi) is 4.06. The predicted octanol–water partition coefficient (Wildman–Crippen LogP) is 3.55. The van der Waals surface area contributed by atoms with E-state index in [-0.39, 0.29) is 5.92 Å². The zero-order chi connectivity index (χ0) is 18.4. The fourth-order valence-electron chi connectivity index (χ4n) is 4.42. The van der Waals surface area contributed by atoms with Crippen molar-refractivity contribution in [2.24, 2.45) is 0 Å². The number of likely N-dealkylation sites (N-methyl/N-ethyl adjacent to an activating group) is 1. The number of rotatable bonds is 2. The van der Waals surface area contributed by atoms with E-state index >= 15 is 0 Å². The molecular weight excluding hydrogens is 340 g/mol. The number of hydrogen-bond acceptors (Lipinski definition) is 5. The summed E-state index contributed by atoms with van der Waals surface area (Å²) >= 11 is 0. The van der Waals surface area contributed by atoms with Gasteiger partial charge in [0.15, 0.2) is 0 Å². The van der Waals surface area contributed by atoms with Crippen molar-refractivity contribution in [2.75, 3.05) is 44.8 Å². The molecule has 27 heavy (non-hydrogen) atoms. The Morgan fingerprint density at radius 3 is 2.78 bits per heavy atom. The molecule has 2 aliphatic rings. The van der Waals surface area contributed by atoms with Crippen LogP contribution in [0, 0.1) is 0 Å². The number of ether oxygens (including phenoxy) is 1. The van der Waals surface area contributed by atoms with E-state index in [9.17, 15) is 5.11 Å². The van der Waals surface area contributed by atoms with Gasteiger partial charge in [0.1, 0.15) is 11.3 Å².